The molecule has 9 heteroatoms. The fourth-order valence-corrected chi connectivity index (χ4v) is 2.14. The summed E-state index contributed by atoms with van der Waals surface area (Å²) >= 11 is 0. The first kappa shape index (κ1) is 13.3. The van der Waals surface area contributed by atoms with Gasteiger partial charge in [-0.15, -0.1) is 0 Å². The number of imidazole rings is 1. The molecule has 2 aromatic rings. The number of nitrogens with one attached hydrogen (secondary N) is 2. The van der Waals surface area contributed by atoms with Crippen molar-refractivity contribution < 1.29 is 13.2 Å². The van der Waals surface area contributed by atoms with E-state index in [1.165, 1.54) is 23.2 Å². The van der Waals surface area contributed by atoms with Gasteiger partial charge < -0.3 is 14.9 Å². The molecule has 0 saturated carbocycles. The number of nitrogens with zero attached hydrogens (tertiary/aromatic N) is 2. The van der Waals surface area contributed by atoms with Crippen molar-refractivity contribution in [3.8, 4) is 0 Å². The number of H-pyrrole nitrogens is 1. The molecule has 0 aromatic carbocycles. The summed E-state index contributed by atoms with van der Waals surface area (Å²) in [7, 11) is -2.24. The van der Waals surface area contributed by atoms with Gasteiger partial charge in [0.05, 0.1) is 18.6 Å². The van der Waals surface area contributed by atoms with Crippen LogP contribution in [0, 0.1) is 0 Å². The van der Waals surface area contributed by atoms with Gasteiger partial charge >= 0.3 is 0 Å². The topological polar surface area (TPSA) is 123 Å². The van der Waals surface area contributed by atoms with Gasteiger partial charge in [-0.25, -0.2) is 18.5 Å². The number of aryl methyl sites for hydroxylation is 1. The number of aromatic amines is 1. The summed E-state index contributed by atoms with van der Waals surface area (Å²) in [6.07, 6.45) is 4.38. The van der Waals surface area contributed by atoms with E-state index in [4.69, 9.17) is 5.14 Å². The Balaban J connectivity index is 2.13. The van der Waals surface area contributed by atoms with Gasteiger partial charge in [0.2, 0.25) is 10.0 Å². The van der Waals surface area contributed by atoms with E-state index in [9.17, 15) is 13.2 Å². The molecule has 0 spiro atoms. The predicted molar refractivity (Wildman–Crippen MR) is 66.5 cm³/mol. The molecule has 0 bridgehead atoms. The monoisotopic (exact) mass is 283 g/mol. The predicted octanol–water partition coefficient (Wildman–Crippen LogP) is -0.674. The molecule has 0 aliphatic rings. The maximum absolute atomic E-state index is 11.9. The molecule has 0 atom stereocenters. The Bertz CT molecular complexity index is 687. The number of rotatable bonds is 4. The molecule has 0 aliphatic carbocycles. The van der Waals surface area contributed by atoms with Crippen LogP contribution in [0.1, 0.15) is 16.2 Å². The number of carbonyl (C=O) groups is 1. The SMILES string of the molecule is Cn1cc(S(N)(=O)=O)cc1C(=O)NCc1cnc[nH]1. The minimum atomic E-state index is -3.81. The van der Waals surface area contributed by atoms with Gasteiger partial charge in [-0.05, 0) is 6.07 Å². The van der Waals surface area contributed by atoms with E-state index in [-0.39, 0.29) is 17.1 Å². The van der Waals surface area contributed by atoms with Crippen molar-refractivity contribution in [1.29, 1.82) is 0 Å². The zero-order valence-corrected chi connectivity index (χ0v) is 10.9. The van der Waals surface area contributed by atoms with Gasteiger partial charge in [-0.1, -0.05) is 0 Å². The van der Waals surface area contributed by atoms with E-state index in [0.717, 1.165) is 5.69 Å². The molecule has 8 nitrogen and oxygen atoms in total. The molecule has 0 radical (unpaired) electrons. The molecule has 0 saturated heterocycles. The van der Waals surface area contributed by atoms with Gasteiger partial charge in [0, 0.05) is 19.4 Å². The normalized spacial score (nSPS) is 11.5. The number of nitrogens with two attached hydrogens (primary N) is 1. The maximum atomic E-state index is 11.9. The van der Waals surface area contributed by atoms with E-state index in [1.54, 1.807) is 13.2 Å². The van der Waals surface area contributed by atoms with Crippen LogP contribution in [0.4, 0.5) is 0 Å². The fraction of sp³-hybridized carbons (Fsp3) is 0.200. The van der Waals surface area contributed by atoms with E-state index in [0.29, 0.717) is 0 Å². The molecular formula is C10H13N5O3S. The van der Waals surface area contributed by atoms with Gasteiger partial charge in [-0.3, -0.25) is 4.79 Å². The number of amides is 1. The lowest BCUT2D eigenvalue weighted by Crippen LogP contribution is -2.24. The second-order valence-electron chi connectivity index (χ2n) is 3.98. The Morgan fingerprint density at radius 3 is 2.84 bits per heavy atom. The third kappa shape index (κ3) is 3.01. The average molecular weight is 283 g/mol. The first-order valence-corrected chi connectivity index (χ1v) is 6.87. The summed E-state index contributed by atoms with van der Waals surface area (Å²) in [5, 5.41) is 7.64. The second-order valence-corrected chi connectivity index (χ2v) is 5.54. The van der Waals surface area contributed by atoms with Crippen LogP contribution in [0.25, 0.3) is 0 Å². The van der Waals surface area contributed by atoms with Crippen LogP contribution in [0.15, 0.2) is 29.7 Å². The number of sulfonamides is 1. The molecule has 4 N–H and O–H groups in total. The Morgan fingerprint density at radius 1 is 1.58 bits per heavy atom. The highest BCUT2D eigenvalue weighted by Crippen LogP contribution is 2.11. The van der Waals surface area contributed by atoms with Gasteiger partial charge in [0.25, 0.3) is 5.91 Å². The highest BCUT2D eigenvalue weighted by molar-refractivity contribution is 7.89. The highest BCUT2D eigenvalue weighted by Gasteiger charge is 2.17. The minimum Gasteiger partial charge on any atom is -0.347 e. The van der Waals surface area contributed by atoms with Crippen molar-refractivity contribution in [2.45, 2.75) is 11.4 Å². The van der Waals surface area contributed by atoms with Crippen LogP contribution in [-0.2, 0) is 23.6 Å². The molecule has 19 heavy (non-hydrogen) atoms. The van der Waals surface area contributed by atoms with Gasteiger partial charge in [0.15, 0.2) is 0 Å². The third-order valence-electron chi connectivity index (χ3n) is 2.54. The zero-order valence-electron chi connectivity index (χ0n) is 10.1. The number of carbonyl (C=O) groups excluding carboxylic acids is 1. The first-order valence-electron chi connectivity index (χ1n) is 5.32. The van der Waals surface area contributed by atoms with Crippen molar-refractivity contribution >= 4 is 15.9 Å². The summed E-state index contributed by atoms with van der Waals surface area (Å²) in [5.74, 6) is -0.396. The average Bonchev–Trinajstić information content (AvgIpc) is 2.93. The Morgan fingerprint density at radius 2 is 2.32 bits per heavy atom. The van der Waals surface area contributed by atoms with E-state index < -0.39 is 15.9 Å². The van der Waals surface area contributed by atoms with Crippen molar-refractivity contribution in [2.24, 2.45) is 12.2 Å². The van der Waals surface area contributed by atoms with E-state index in [2.05, 4.69) is 15.3 Å². The molecule has 0 aliphatic heterocycles. The maximum Gasteiger partial charge on any atom is 0.268 e. The molecule has 1 amide bonds. The molecule has 2 rings (SSSR count). The Labute approximate surface area is 109 Å². The fourth-order valence-electron chi connectivity index (χ4n) is 1.56. The van der Waals surface area contributed by atoms with Crippen molar-refractivity contribution in [3.63, 3.8) is 0 Å². The zero-order chi connectivity index (χ0) is 14.0. The van der Waals surface area contributed by atoms with Crippen molar-refractivity contribution in [3.05, 3.63) is 36.2 Å². The molecular weight excluding hydrogens is 270 g/mol. The number of aromatic nitrogens is 3. The lowest BCUT2D eigenvalue weighted by Gasteiger charge is -2.04. The number of hydrogen-bond acceptors (Lipinski definition) is 4. The smallest absolute Gasteiger partial charge is 0.268 e. The molecule has 0 unspecified atom stereocenters. The van der Waals surface area contributed by atoms with Crippen LogP contribution >= 0.6 is 0 Å². The summed E-state index contributed by atoms with van der Waals surface area (Å²) in [6.45, 7) is 0.273. The molecule has 0 fully saturated rings. The van der Waals surface area contributed by atoms with Crippen LogP contribution in [-0.4, -0.2) is 28.9 Å². The van der Waals surface area contributed by atoms with Crippen LogP contribution in [0.3, 0.4) is 0 Å². The van der Waals surface area contributed by atoms with Gasteiger partial charge in [0.1, 0.15) is 10.6 Å². The highest BCUT2D eigenvalue weighted by atomic mass is 32.2. The van der Waals surface area contributed by atoms with Crippen LogP contribution < -0.4 is 10.5 Å². The largest absolute Gasteiger partial charge is 0.347 e. The summed E-state index contributed by atoms with van der Waals surface area (Å²) in [5.41, 5.74) is 0.956. The quantitative estimate of drug-likeness (QED) is 0.688. The van der Waals surface area contributed by atoms with Crippen molar-refractivity contribution in [2.75, 3.05) is 0 Å². The lowest BCUT2D eigenvalue weighted by molar-refractivity contribution is 0.0942. The minimum absolute atomic E-state index is 0.0957. The van der Waals surface area contributed by atoms with Gasteiger partial charge in [-0.2, -0.15) is 0 Å². The second kappa shape index (κ2) is 4.86. The Hall–Kier alpha value is -2.13. The first-order chi connectivity index (χ1) is 8.88. The summed E-state index contributed by atoms with van der Waals surface area (Å²) in [4.78, 5) is 18.5. The van der Waals surface area contributed by atoms with E-state index in [1.807, 2.05) is 0 Å². The molecule has 102 valence electrons. The Kier molecular flexibility index (Phi) is 3.40. The van der Waals surface area contributed by atoms with Crippen LogP contribution in [0.5, 0.6) is 0 Å². The van der Waals surface area contributed by atoms with E-state index >= 15 is 0 Å². The third-order valence-corrected chi connectivity index (χ3v) is 3.42. The molecule has 2 heterocycles. The number of hydrogen-bond donors (Lipinski definition) is 3. The number of primary sulfonamides is 1. The standard InChI is InChI=1S/C10H13N5O3S/c1-15-5-8(19(11,17)18)2-9(15)10(16)13-4-7-3-12-6-14-7/h2-3,5-6H,4H2,1H3,(H,12,14)(H,13,16)(H2,11,17,18). The summed E-state index contributed by atoms with van der Waals surface area (Å²) < 4.78 is 23.8. The summed E-state index contributed by atoms with van der Waals surface area (Å²) in [6, 6.07) is 1.23. The molecule has 2 aromatic heterocycles. The van der Waals surface area contributed by atoms with Crippen molar-refractivity contribution in [1.82, 2.24) is 19.9 Å². The van der Waals surface area contributed by atoms with Crippen LogP contribution in [0.2, 0.25) is 0 Å². The lowest BCUT2D eigenvalue weighted by atomic mass is 10.4.